The highest BCUT2D eigenvalue weighted by atomic mass is 35.5. The average Bonchev–Trinajstić information content (AvgIpc) is 2.58. The van der Waals surface area contributed by atoms with Crippen molar-refractivity contribution in [2.24, 2.45) is 20.7 Å². The lowest BCUT2D eigenvalue weighted by Crippen LogP contribution is -1.86. The van der Waals surface area contributed by atoms with Gasteiger partial charge >= 0.3 is 0 Å². The van der Waals surface area contributed by atoms with E-state index in [-0.39, 0.29) is 6.17 Å². The Labute approximate surface area is 74.0 Å². The van der Waals surface area contributed by atoms with Crippen LogP contribution in [0.25, 0.3) is 0 Å². The molecule has 1 aromatic rings. The lowest BCUT2D eigenvalue weighted by Gasteiger charge is -1.99. The van der Waals surface area contributed by atoms with E-state index in [1.54, 1.807) is 12.1 Å². The molecule has 1 aromatic carbocycles. The zero-order valence-electron chi connectivity index (χ0n) is 6.05. The Balaban J connectivity index is 2.29. The molecule has 0 saturated heterocycles. The monoisotopic (exact) mass is 180 g/mol. The van der Waals surface area contributed by atoms with E-state index in [1.165, 1.54) is 0 Å². The maximum atomic E-state index is 5.71. The lowest BCUT2D eigenvalue weighted by atomic mass is 10.2. The molecule has 0 spiro atoms. The van der Waals surface area contributed by atoms with E-state index in [1.807, 2.05) is 12.1 Å². The molecule has 0 N–H and O–H groups in total. The average molecular weight is 181 g/mol. The van der Waals surface area contributed by atoms with Crippen molar-refractivity contribution in [3.63, 3.8) is 0 Å². The van der Waals surface area contributed by atoms with Gasteiger partial charge < -0.3 is 0 Å². The first-order valence-corrected chi connectivity index (χ1v) is 3.79. The van der Waals surface area contributed by atoms with Crippen molar-refractivity contribution in [1.29, 1.82) is 0 Å². The van der Waals surface area contributed by atoms with E-state index >= 15 is 0 Å². The molecule has 0 unspecified atom stereocenters. The van der Waals surface area contributed by atoms with Crippen molar-refractivity contribution in [2.45, 2.75) is 6.17 Å². The SMILES string of the molecule is Clc1ccc(C2N=NN=N2)cc1. The van der Waals surface area contributed by atoms with Crippen molar-refractivity contribution in [2.75, 3.05) is 0 Å². The van der Waals surface area contributed by atoms with E-state index in [9.17, 15) is 0 Å². The highest BCUT2D eigenvalue weighted by Gasteiger charge is 2.11. The van der Waals surface area contributed by atoms with Gasteiger partial charge in [0, 0.05) is 10.6 Å². The maximum absolute atomic E-state index is 5.71. The van der Waals surface area contributed by atoms with Gasteiger partial charge in [0.05, 0.1) is 0 Å². The molecule has 12 heavy (non-hydrogen) atoms. The van der Waals surface area contributed by atoms with E-state index in [0.717, 1.165) is 5.56 Å². The van der Waals surface area contributed by atoms with Gasteiger partial charge in [0.25, 0.3) is 0 Å². The molecule has 0 radical (unpaired) electrons. The van der Waals surface area contributed by atoms with Crippen LogP contribution in [0, 0.1) is 0 Å². The number of rotatable bonds is 1. The predicted molar refractivity (Wildman–Crippen MR) is 43.9 cm³/mol. The van der Waals surface area contributed by atoms with Crippen LogP contribution in [0.3, 0.4) is 0 Å². The summed E-state index contributed by atoms with van der Waals surface area (Å²) in [6.07, 6.45) is -0.276. The Morgan fingerprint density at radius 3 is 2.17 bits per heavy atom. The van der Waals surface area contributed by atoms with Crippen molar-refractivity contribution in [3.05, 3.63) is 34.9 Å². The summed E-state index contributed by atoms with van der Waals surface area (Å²) in [5, 5.41) is 15.1. The van der Waals surface area contributed by atoms with Gasteiger partial charge in [-0.25, -0.2) is 0 Å². The highest BCUT2D eigenvalue weighted by Crippen LogP contribution is 2.24. The number of nitrogens with zero attached hydrogens (tertiary/aromatic N) is 4. The Bertz CT molecular complexity index is 318. The standard InChI is InChI=1S/C7H5ClN4/c8-6-3-1-5(2-4-6)7-9-11-12-10-7/h1-4,7H. The number of benzene rings is 1. The molecule has 0 amide bonds. The third kappa shape index (κ3) is 1.33. The molecule has 1 heterocycles. The summed E-state index contributed by atoms with van der Waals surface area (Å²) in [6, 6.07) is 7.30. The Hall–Kier alpha value is -1.29. The number of hydrogen-bond donors (Lipinski definition) is 0. The van der Waals surface area contributed by atoms with Crippen LogP contribution >= 0.6 is 11.6 Å². The van der Waals surface area contributed by atoms with Gasteiger partial charge in [0.15, 0.2) is 0 Å². The van der Waals surface area contributed by atoms with Crippen LogP contribution in [0.1, 0.15) is 11.7 Å². The molecular weight excluding hydrogens is 176 g/mol. The molecule has 4 nitrogen and oxygen atoms in total. The van der Waals surface area contributed by atoms with E-state index < -0.39 is 0 Å². The summed E-state index contributed by atoms with van der Waals surface area (Å²) in [5.41, 5.74) is 0.949. The second-order valence-corrected chi connectivity index (χ2v) is 2.77. The fourth-order valence-corrected chi connectivity index (χ4v) is 1.06. The molecule has 5 heteroatoms. The number of halogens is 1. The maximum Gasteiger partial charge on any atom is 0.210 e. The second kappa shape index (κ2) is 2.98. The van der Waals surface area contributed by atoms with Crippen LogP contribution in [-0.4, -0.2) is 0 Å². The summed E-state index contributed by atoms with van der Waals surface area (Å²) in [6.45, 7) is 0. The van der Waals surface area contributed by atoms with Crippen LogP contribution in [0.4, 0.5) is 0 Å². The van der Waals surface area contributed by atoms with Crippen LogP contribution in [0.2, 0.25) is 5.02 Å². The van der Waals surface area contributed by atoms with Gasteiger partial charge in [-0.2, -0.15) is 0 Å². The molecule has 0 aliphatic carbocycles. The lowest BCUT2D eigenvalue weighted by molar-refractivity contribution is 0.765. The van der Waals surface area contributed by atoms with E-state index in [4.69, 9.17) is 11.6 Å². The first-order valence-electron chi connectivity index (χ1n) is 3.42. The van der Waals surface area contributed by atoms with Gasteiger partial charge in [-0.15, -0.1) is 10.2 Å². The molecule has 0 bridgehead atoms. The molecule has 0 aromatic heterocycles. The second-order valence-electron chi connectivity index (χ2n) is 2.34. The van der Waals surface area contributed by atoms with Gasteiger partial charge in [0.2, 0.25) is 6.17 Å². The summed E-state index contributed by atoms with van der Waals surface area (Å²) >= 11 is 5.71. The Morgan fingerprint density at radius 1 is 1.00 bits per heavy atom. The fraction of sp³-hybridized carbons (Fsp3) is 0.143. The van der Waals surface area contributed by atoms with Gasteiger partial charge in [-0.1, -0.05) is 23.7 Å². The van der Waals surface area contributed by atoms with Gasteiger partial charge in [-0.3, -0.25) is 0 Å². The minimum Gasteiger partial charge on any atom is -0.133 e. The topological polar surface area (TPSA) is 49.4 Å². The van der Waals surface area contributed by atoms with E-state index in [2.05, 4.69) is 20.7 Å². The minimum atomic E-state index is -0.276. The van der Waals surface area contributed by atoms with Crippen LogP contribution in [0.5, 0.6) is 0 Å². The van der Waals surface area contributed by atoms with Crippen LogP contribution < -0.4 is 0 Å². The zero-order chi connectivity index (χ0) is 8.39. The Kier molecular flexibility index (Phi) is 1.83. The van der Waals surface area contributed by atoms with Gasteiger partial charge in [-0.05, 0) is 22.6 Å². The summed E-state index contributed by atoms with van der Waals surface area (Å²) in [5.74, 6) is 0. The quantitative estimate of drug-likeness (QED) is 0.638. The van der Waals surface area contributed by atoms with Gasteiger partial charge in [0.1, 0.15) is 0 Å². The molecular formula is C7H5ClN4. The van der Waals surface area contributed by atoms with Crippen molar-refractivity contribution >= 4 is 11.6 Å². The highest BCUT2D eigenvalue weighted by molar-refractivity contribution is 6.30. The molecule has 1 aliphatic heterocycles. The third-order valence-corrected chi connectivity index (χ3v) is 1.78. The fourth-order valence-electron chi connectivity index (χ4n) is 0.935. The summed E-state index contributed by atoms with van der Waals surface area (Å²) in [7, 11) is 0. The molecule has 60 valence electrons. The first kappa shape index (κ1) is 7.36. The largest absolute Gasteiger partial charge is 0.210 e. The predicted octanol–water partition coefficient (Wildman–Crippen LogP) is 3.17. The van der Waals surface area contributed by atoms with Crippen molar-refractivity contribution in [3.8, 4) is 0 Å². The summed E-state index contributed by atoms with van der Waals surface area (Å²) in [4.78, 5) is 0. The first-order chi connectivity index (χ1) is 5.86. The molecule has 0 fully saturated rings. The molecule has 1 aliphatic rings. The van der Waals surface area contributed by atoms with Crippen molar-refractivity contribution in [1.82, 2.24) is 0 Å². The third-order valence-electron chi connectivity index (χ3n) is 1.53. The zero-order valence-corrected chi connectivity index (χ0v) is 6.81. The number of hydrogen-bond acceptors (Lipinski definition) is 4. The summed E-state index contributed by atoms with van der Waals surface area (Å²) < 4.78 is 0. The van der Waals surface area contributed by atoms with Crippen molar-refractivity contribution < 1.29 is 0 Å². The minimum absolute atomic E-state index is 0.276. The van der Waals surface area contributed by atoms with Crippen LogP contribution in [0.15, 0.2) is 44.9 Å². The van der Waals surface area contributed by atoms with E-state index in [0.29, 0.717) is 5.02 Å². The molecule has 2 rings (SSSR count). The Morgan fingerprint density at radius 2 is 1.58 bits per heavy atom. The normalized spacial score (nSPS) is 15.8. The smallest absolute Gasteiger partial charge is 0.133 e. The molecule has 0 saturated carbocycles. The van der Waals surface area contributed by atoms with Crippen LogP contribution in [-0.2, 0) is 0 Å². The molecule has 0 atom stereocenters.